The van der Waals surface area contributed by atoms with Crippen LogP contribution in [-0.4, -0.2) is 55.1 Å². The molecule has 1 atom stereocenters. The first kappa shape index (κ1) is 15.3. The Morgan fingerprint density at radius 1 is 1.50 bits per heavy atom. The Morgan fingerprint density at radius 2 is 2.28 bits per heavy atom. The van der Waals surface area contributed by atoms with Crippen molar-refractivity contribution in [1.82, 2.24) is 10.2 Å². The minimum absolute atomic E-state index is 0.00785. The maximum absolute atomic E-state index is 12.3. The number of piperidine rings is 1. The van der Waals surface area contributed by atoms with Gasteiger partial charge in [-0.15, -0.1) is 0 Å². The summed E-state index contributed by atoms with van der Waals surface area (Å²) in [6, 6.07) is 0. The number of nitrogens with one attached hydrogen (secondary N) is 1. The summed E-state index contributed by atoms with van der Waals surface area (Å²) in [6.45, 7) is 1.06. The summed E-state index contributed by atoms with van der Waals surface area (Å²) in [6.07, 6.45) is 0.679. The van der Waals surface area contributed by atoms with E-state index in [-0.39, 0.29) is 19.1 Å². The number of rotatable bonds is 7. The van der Waals surface area contributed by atoms with Crippen LogP contribution in [0.25, 0.3) is 0 Å². The van der Waals surface area contributed by atoms with Gasteiger partial charge in [0.2, 0.25) is 5.91 Å². The Balaban J connectivity index is 2.30. The van der Waals surface area contributed by atoms with E-state index < -0.39 is 13.0 Å². The summed E-state index contributed by atoms with van der Waals surface area (Å²) >= 11 is 0. The molecule has 0 aromatic heterocycles. The van der Waals surface area contributed by atoms with Crippen LogP contribution in [0.1, 0.15) is 25.7 Å². The number of hydrogen-bond acceptors (Lipinski definition) is 3. The van der Waals surface area contributed by atoms with Crippen molar-refractivity contribution in [2.75, 3.05) is 32.8 Å². The molecule has 4 nitrogen and oxygen atoms in total. The van der Waals surface area contributed by atoms with Crippen molar-refractivity contribution in [1.29, 1.82) is 0 Å². The number of nitrogens with zero attached hydrogens (tertiary/aromatic N) is 1. The van der Waals surface area contributed by atoms with Crippen molar-refractivity contribution < 1.29 is 18.7 Å². The Bertz CT molecular complexity index is 246. The summed E-state index contributed by atoms with van der Waals surface area (Å²) in [7, 11) is 0. The van der Waals surface area contributed by atoms with Crippen LogP contribution in [0, 0.1) is 5.92 Å². The molecule has 0 radical (unpaired) electrons. The van der Waals surface area contributed by atoms with E-state index in [0.717, 1.165) is 37.3 Å². The van der Waals surface area contributed by atoms with Gasteiger partial charge in [0.25, 0.3) is 6.43 Å². The summed E-state index contributed by atoms with van der Waals surface area (Å²) in [5.41, 5.74) is 0. The molecule has 0 saturated carbocycles. The van der Waals surface area contributed by atoms with E-state index in [9.17, 15) is 13.6 Å². The lowest BCUT2D eigenvalue weighted by atomic mass is 9.94. The van der Waals surface area contributed by atoms with Crippen molar-refractivity contribution in [3.63, 3.8) is 0 Å². The number of carbonyl (C=O) groups excluding carboxylic acids is 1. The van der Waals surface area contributed by atoms with Crippen molar-refractivity contribution in [2.24, 2.45) is 5.92 Å². The highest BCUT2D eigenvalue weighted by molar-refractivity contribution is 5.76. The summed E-state index contributed by atoms with van der Waals surface area (Å²) in [5.74, 6) is 0.181. The highest BCUT2D eigenvalue weighted by Gasteiger charge is 2.20. The molecule has 1 aliphatic heterocycles. The van der Waals surface area contributed by atoms with Crippen LogP contribution in [0.2, 0.25) is 0 Å². The molecule has 1 fully saturated rings. The third-order valence-corrected chi connectivity index (χ3v) is 3.25. The number of halogens is 2. The number of aliphatic hydroxyl groups excluding tert-OH is 1. The quantitative estimate of drug-likeness (QED) is 0.717. The Labute approximate surface area is 106 Å². The smallest absolute Gasteiger partial charge is 0.255 e. The first-order valence-corrected chi connectivity index (χ1v) is 6.51. The first-order valence-electron chi connectivity index (χ1n) is 6.51. The SMILES string of the molecule is O=C(CCC1CCCNC1)N(CCO)CC(F)F. The molecule has 1 rings (SSSR count). The second kappa shape index (κ2) is 8.37. The van der Waals surface area contributed by atoms with Gasteiger partial charge in [0.15, 0.2) is 0 Å². The van der Waals surface area contributed by atoms with Crippen molar-refractivity contribution in [3.05, 3.63) is 0 Å². The van der Waals surface area contributed by atoms with E-state index in [2.05, 4.69) is 5.32 Å². The van der Waals surface area contributed by atoms with Crippen LogP contribution in [0.4, 0.5) is 8.78 Å². The van der Waals surface area contributed by atoms with Gasteiger partial charge in [0.1, 0.15) is 0 Å². The molecule has 1 heterocycles. The van der Waals surface area contributed by atoms with Gasteiger partial charge in [-0.25, -0.2) is 8.78 Å². The van der Waals surface area contributed by atoms with Gasteiger partial charge in [0, 0.05) is 13.0 Å². The fourth-order valence-corrected chi connectivity index (χ4v) is 2.26. The van der Waals surface area contributed by atoms with Gasteiger partial charge in [0.05, 0.1) is 13.2 Å². The molecule has 18 heavy (non-hydrogen) atoms. The van der Waals surface area contributed by atoms with E-state index in [4.69, 9.17) is 5.11 Å². The average Bonchev–Trinajstić information content (AvgIpc) is 2.36. The largest absolute Gasteiger partial charge is 0.395 e. The topological polar surface area (TPSA) is 52.6 Å². The Kier molecular flexibility index (Phi) is 7.12. The van der Waals surface area contributed by atoms with Crippen molar-refractivity contribution in [2.45, 2.75) is 32.1 Å². The minimum atomic E-state index is -2.54. The van der Waals surface area contributed by atoms with E-state index in [1.165, 1.54) is 0 Å². The van der Waals surface area contributed by atoms with Crippen molar-refractivity contribution >= 4 is 5.91 Å². The van der Waals surface area contributed by atoms with E-state index in [0.29, 0.717) is 12.3 Å². The molecule has 106 valence electrons. The Hall–Kier alpha value is -0.750. The number of hydrogen-bond donors (Lipinski definition) is 2. The Morgan fingerprint density at radius 3 is 2.83 bits per heavy atom. The lowest BCUT2D eigenvalue weighted by molar-refractivity contribution is -0.134. The molecule has 1 amide bonds. The first-order chi connectivity index (χ1) is 8.63. The molecule has 0 spiro atoms. The van der Waals surface area contributed by atoms with Gasteiger partial charge in [-0.2, -0.15) is 0 Å². The molecule has 2 N–H and O–H groups in total. The predicted octanol–water partition coefficient (Wildman–Crippen LogP) is 0.852. The molecule has 0 aromatic carbocycles. The van der Waals surface area contributed by atoms with Gasteiger partial charge >= 0.3 is 0 Å². The fourth-order valence-electron chi connectivity index (χ4n) is 2.26. The van der Waals surface area contributed by atoms with E-state index in [1.807, 2.05) is 0 Å². The van der Waals surface area contributed by atoms with Crippen LogP contribution in [-0.2, 0) is 4.79 Å². The summed E-state index contributed by atoms with van der Waals surface area (Å²) in [4.78, 5) is 12.8. The lowest BCUT2D eigenvalue weighted by Crippen LogP contribution is -2.38. The summed E-state index contributed by atoms with van der Waals surface area (Å²) in [5, 5.41) is 12.0. The van der Waals surface area contributed by atoms with Gasteiger partial charge < -0.3 is 15.3 Å². The molecule has 1 unspecified atom stereocenters. The average molecular weight is 264 g/mol. The third-order valence-electron chi connectivity index (χ3n) is 3.25. The number of alkyl halides is 2. The maximum atomic E-state index is 12.3. The standard InChI is InChI=1S/C12H22F2N2O2/c13-11(14)9-16(6-7-17)12(18)4-3-10-2-1-5-15-8-10/h10-11,15,17H,1-9H2. The zero-order valence-corrected chi connectivity index (χ0v) is 10.6. The molecule has 0 aromatic rings. The minimum Gasteiger partial charge on any atom is -0.395 e. The number of amides is 1. The predicted molar refractivity (Wildman–Crippen MR) is 64.5 cm³/mol. The van der Waals surface area contributed by atoms with Crippen LogP contribution in [0.15, 0.2) is 0 Å². The van der Waals surface area contributed by atoms with Crippen molar-refractivity contribution in [3.8, 4) is 0 Å². The van der Waals surface area contributed by atoms with Crippen LogP contribution in [0.5, 0.6) is 0 Å². The highest BCUT2D eigenvalue weighted by Crippen LogP contribution is 2.16. The zero-order chi connectivity index (χ0) is 13.4. The monoisotopic (exact) mass is 264 g/mol. The maximum Gasteiger partial charge on any atom is 0.255 e. The van der Waals surface area contributed by atoms with Crippen LogP contribution < -0.4 is 5.32 Å². The third kappa shape index (κ3) is 5.73. The van der Waals surface area contributed by atoms with E-state index in [1.54, 1.807) is 0 Å². The molecule has 1 aliphatic rings. The van der Waals surface area contributed by atoms with Crippen LogP contribution >= 0.6 is 0 Å². The number of aliphatic hydroxyl groups is 1. The lowest BCUT2D eigenvalue weighted by Gasteiger charge is -2.25. The summed E-state index contributed by atoms with van der Waals surface area (Å²) < 4.78 is 24.6. The molecular formula is C12H22F2N2O2. The van der Waals surface area contributed by atoms with Crippen LogP contribution in [0.3, 0.4) is 0 Å². The van der Waals surface area contributed by atoms with Gasteiger partial charge in [-0.05, 0) is 38.3 Å². The van der Waals surface area contributed by atoms with Gasteiger partial charge in [-0.3, -0.25) is 4.79 Å². The zero-order valence-electron chi connectivity index (χ0n) is 10.6. The normalized spacial score (nSPS) is 20.1. The second-order valence-electron chi connectivity index (χ2n) is 4.71. The highest BCUT2D eigenvalue weighted by atomic mass is 19.3. The molecule has 1 saturated heterocycles. The molecular weight excluding hydrogens is 242 g/mol. The molecule has 0 bridgehead atoms. The number of carbonyl (C=O) groups is 1. The second-order valence-corrected chi connectivity index (χ2v) is 4.71. The fraction of sp³-hybridized carbons (Fsp3) is 0.917. The van der Waals surface area contributed by atoms with Gasteiger partial charge in [-0.1, -0.05) is 0 Å². The van der Waals surface area contributed by atoms with E-state index >= 15 is 0 Å². The molecule has 6 heteroatoms. The molecule has 0 aliphatic carbocycles.